The predicted octanol–water partition coefficient (Wildman–Crippen LogP) is 6.99. The molecule has 1 amide bonds. The van der Waals surface area contributed by atoms with Crippen molar-refractivity contribution in [1.29, 1.82) is 0 Å². The zero-order valence-corrected chi connectivity index (χ0v) is 18.0. The number of nitrogens with one attached hydrogen (secondary N) is 1. The van der Waals surface area contributed by atoms with Crippen molar-refractivity contribution in [2.45, 2.75) is 78.1 Å². The average Bonchev–Trinajstić information content (AvgIpc) is 2.67. The lowest BCUT2D eigenvalue weighted by Gasteiger charge is -2.09. The molecule has 0 aromatic heterocycles. The fraction of sp³-hybridized carbons (Fsp3) is 0.636. The second-order valence-corrected chi connectivity index (χ2v) is 7.27. The van der Waals surface area contributed by atoms with Gasteiger partial charge in [0.15, 0.2) is 0 Å². The zero-order valence-electron chi connectivity index (χ0n) is 17.2. The quantitative estimate of drug-likeness (QED) is 0.264. The third-order valence-electron chi connectivity index (χ3n) is 4.45. The van der Waals surface area contributed by atoms with Crippen LogP contribution in [0, 0.1) is 0 Å². The summed E-state index contributed by atoms with van der Waals surface area (Å²) in [5.74, 6) is -0.417. The topological polar surface area (TPSA) is 64.6 Å². The van der Waals surface area contributed by atoms with Crippen molar-refractivity contribution in [3.8, 4) is 0 Å². The van der Waals surface area contributed by atoms with Gasteiger partial charge in [0.25, 0.3) is 0 Å². The molecule has 0 radical (unpaired) electrons. The van der Waals surface area contributed by atoms with Crippen LogP contribution in [0.3, 0.4) is 0 Å². The summed E-state index contributed by atoms with van der Waals surface area (Å²) in [5.41, 5.74) is 0.678. The van der Waals surface area contributed by atoms with Crippen LogP contribution in [0.1, 0.15) is 88.4 Å². The number of carbonyl (C=O) groups excluding carboxylic acids is 2. The number of hydrogen-bond acceptors (Lipinski definition) is 4. The van der Waals surface area contributed by atoms with E-state index in [1.807, 2.05) is 0 Å². The summed E-state index contributed by atoms with van der Waals surface area (Å²) in [6.07, 6.45) is 11.7. The van der Waals surface area contributed by atoms with Gasteiger partial charge in [-0.25, -0.2) is 9.59 Å². The number of carbonyl (C=O) groups is 2. The minimum atomic E-state index is -0.611. The molecule has 1 aromatic carbocycles. The summed E-state index contributed by atoms with van der Waals surface area (Å²) in [6, 6.07) is 4.64. The second-order valence-electron chi connectivity index (χ2n) is 6.86. The Morgan fingerprint density at radius 3 is 2.11 bits per heavy atom. The molecule has 0 aliphatic heterocycles. The minimum absolute atomic E-state index is 0.254. The number of anilines is 1. The molecule has 0 heterocycles. The number of ether oxygens (including phenoxy) is 2. The summed E-state index contributed by atoms with van der Waals surface area (Å²) < 4.78 is 10.1. The minimum Gasteiger partial charge on any atom is -0.462 e. The molecule has 5 nitrogen and oxygen atoms in total. The maximum Gasteiger partial charge on any atom is 0.411 e. The Morgan fingerprint density at radius 2 is 1.50 bits per heavy atom. The first-order valence-corrected chi connectivity index (χ1v) is 10.9. The van der Waals surface area contributed by atoms with Crippen molar-refractivity contribution >= 4 is 29.4 Å². The van der Waals surface area contributed by atoms with Gasteiger partial charge in [0, 0.05) is 0 Å². The molecule has 0 bridgehead atoms. The number of benzene rings is 1. The molecule has 0 aliphatic carbocycles. The van der Waals surface area contributed by atoms with E-state index in [0.29, 0.717) is 22.9 Å². The van der Waals surface area contributed by atoms with E-state index in [0.717, 1.165) is 12.8 Å². The molecule has 0 unspecified atom stereocenters. The monoisotopic (exact) mass is 411 g/mol. The number of esters is 1. The molecular weight excluding hydrogens is 378 g/mol. The van der Waals surface area contributed by atoms with Crippen LogP contribution < -0.4 is 5.32 Å². The largest absolute Gasteiger partial charge is 0.462 e. The SMILES string of the molecule is CCCCCCCCCCCCOC(=O)c1ccc(Cl)c(NC(=O)OCC)c1. The Bertz CT molecular complexity index is 592. The highest BCUT2D eigenvalue weighted by Gasteiger charge is 2.12. The molecule has 0 spiro atoms. The zero-order chi connectivity index (χ0) is 20.6. The van der Waals surface area contributed by atoms with Gasteiger partial charge in [-0.15, -0.1) is 0 Å². The third-order valence-corrected chi connectivity index (χ3v) is 4.77. The predicted molar refractivity (Wildman–Crippen MR) is 114 cm³/mol. The smallest absolute Gasteiger partial charge is 0.411 e. The Labute approximate surface area is 174 Å². The normalized spacial score (nSPS) is 10.5. The average molecular weight is 412 g/mol. The van der Waals surface area contributed by atoms with E-state index in [9.17, 15) is 9.59 Å². The van der Waals surface area contributed by atoms with Crippen molar-refractivity contribution in [2.24, 2.45) is 0 Å². The first-order chi connectivity index (χ1) is 13.6. The van der Waals surface area contributed by atoms with E-state index in [2.05, 4.69) is 12.2 Å². The standard InChI is InChI=1S/C22H34ClNO4/c1-3-5-6-7-8-9-10-11-12-13-16-28-21(25)18-14-15-19(23)20(17-18)24-22(26)27-4-2/h14-15,17H,3-13,16H2,1-2H3,(H,24,26). The summed E-state index contributed by atoms with van der Waals surface area (Å²) in [4.78, 5) is 23.7. The highest BCUT2D eigenvalue weighted by Crippen LogP contribution is 2.23. The van der Waals surface area contributed by atoms with Crippen molar-refractivity contribution in [3.63, 3.8) is 0 Å². The van der Waals surface area contributed by atoms with Crippen molar-refractivity contribution in [3.05, 3.63) is 28.8 Å². The molecular formula is C22H34ClNO4. The number of hydrogen-bond donors (Lipinski definition) is 1. The Kier molecular flexibility index (Phi) is 13.2. The molecule has 1 aromatic rings. The lowest BCUT2D eigenvalue weighted by atomic mass is 10.1. The van der Waals surface area contributed by atoms with Gasteiger partial charge < -0.3 is 9.47 Å². The van der Waals surface area contributed by atoms with Gasteiger partial charge in [-0.2, -0.15) is 0 Å². The van der Waals surface area contributed by atoms with Gasteiger partial charge in [0.05, 0.1) is 29.5 Å². The van der Waals surface area contributed by atoms with Crippen molar-refractivity contribution < 1.29 is 19.1 Å². The summed E-state index contributed by atoms with van der Waals surface area (Å²) >= 11 is 6.05. The van der Waals surface area contributed by atoms with Crippen LogP contribution in [-0.2, 0) is 9.47 Å². The van der Waals surface area contributed by atoms with E-state index < -0.39 is 12.1 Å². The molecule has 1 N–H and O–H groups in total. The fourth-order valence-electron chi connectivity index (χ4n) is 2.86. The lowest BCUT2D eigenvalue weighted by molar-refractivity contribution is 0.0497. The molecule has 0 saturated heterocycles. The molecule has 0 fully saturated rings. The third kappa shape index (κ3) is 10.5. The summed E-state index contributed by atoms with van der Waals surface area (Å²) in [7, 11) is 0. The number of amides is 1. The van der Waals surface area contributed by atoms with Gasteiger partial charge in [-0.1, -0.05) is 76.3 Å². The van der Waals surface area contributed by atoms with Crippen LogP contribution in [0.5, 0.6) is 0 Å². The van der Waals surface area contributed by atoms with Gasteiger partial charge >= 0.3 is 12.1 Å². The second kappa shape index (κ2) is 15.2. The maximum atomic E-state index is 12.2. The fourth-order valence-corrected chi connectivity index (χ4v) is 3.03. The van der Waals surface area contributed by atoms with E-state index in [1.165, 1.54) is 57.4 Å². The van der Waals surface area contributed by atoms with Crippen LogP contribution in [0.15, 0.2) is 18.2 Å². The molecule has 0 aliphatic rings. The van der Waals surface area contributed by atoms with Crippen LogP contribution in [-0.4, -0.2) is 25.3 Å². The van der Waals surface area contributed by atoms with Gasteiger partial charge in [0.1, 0.15) is 0 Å². The highest BCUT2D eigenvalue weighted by molar-refractivity contribution is 6.33. The van der Waals surface area contributed by atoms with E-state index in [1.54, 1.807) is 19.1 Å². The first-order valence-electron chi connectivity index (χ1n) is 10.5. The van der Waals surface area contributed by atoms with Crippen LogP contribution >= 0.6 is 11.6 Å². The van der Waals surface area contributed by atoms with Crippen LogP contribution in [0.25, 0.3) is 0 Å². The maximum absolute atomic E-state index is 12.2. The van der Waals surface area contributed by atoms with E-state index in [4.69, 9.17) is 21.1 Å². The van der Waals surface area contributed by atoms with Crippen LogP contribution in [0.4, 0.5) is 10.5 Å². The molecule has 158 valence electrons. The van der Waals surface area contributed by atoms with Gasteiger partial charge in [-0.3, -0.25) is 5.32 Å². The van der Waals surface area contributed by atoms with Crippen LogP contribution in [0.2, 0.25) is 5.02 Å². The van der Waals surface area contributed by atoms with Gasteiger partial charge in [-0.05, 0) is 31.5 Å². The Hall–Kier alpha value is -1.75. The number of halogens is 1. The van der Waals surface area contributed by atoms with Gasteiger partial charge in [0.2, 0.25) is 0 Å². The Balaban J connectivity index is 2.22. The molecule has 6 heteroatoms. The first kappa shape index (κ1) is 24.3. The molecule has 0 saturated carbocycles. The Morgan fingerprint density at radius 1 is 0.893 bits per heavy atom. The number of rotatable bonds is 14. The van der Waals surface area contributed by atoms with Crippen molar-refractivity contribution in [1.82, 2.24) is 0 Å². The summed E-state index contributed by atoms with van der Waals surface area (Å²) in [5, 5.41) is 2.85. The van der Waals surface area contributed by atoms with Crippen molar-refractivity contribution in [2.75, 3.05) is 18.5 Å². The molecule has 28 heavy (non-hydrogen) atoms. The van der Waals surface area contributed by atoms with E-state index in [-0.39, 0.29) is 6.61 Å². The number of unbranched alkanes of at least 4 members (excludes halogenated alkanes) is 9. The lowest BCUT2D eigenvalue weighted by Crippen LogP contribution is -2.14. The molecule has 0 atom stereocenters. The summed E-state index contributed by atoms with van der Waals surface area (Å²) in [6.45, 7) is 4.60. The molecule has 1 rings (SSSR count). The van der Waals surface area contributed by atoms with E-state index >= 15 is 0 Å². The highest BCUT2D eigenvalue weighted by atomic mass is 35.5.